The smallest absolute Gasteiger partial charge is 0.259 e. The molecule has 5 nitrogen and oxygen atoms in total. The molecule has 0 spiro atoms. The maximum Gasteiger partial charge on any atom is 0.259 e. The summed E-state index contributed by atoms with van der Waals surface area (Å²) in [5.41, 5.74) is 12.7. The molecule has 2 heterocycles. The molecule has 1 aromatic carbocycles. The van der Waals surface area contributed by atoms with Gasteiger partial charge in [0.15, 0.2) is 0 Å². The second-order valence-corrected chi connectivity index (χ2v) is 5.67. The molecular formula is C15H13N3O2S. The number of thiophene rings is 1. The van der Waals surface area contributed by atoms with Crippen LogP contribution in [0.2, 0.25) is 0 Å². The van der Waals surface area contributed by atoms with E-state index >= 15 is 0 Å². The third-order valence-corrected chi connectivity index (χ3v) is 4.25. The Bertz CT molecular complexity index is 895. The van der Waals surface area contributed by atoms with Gasteiger partial charge in [0.05, 0.1) is 11.9 Å². The molecule has 0 aliphatic heterocycles. The third kappa shape index (κ3) is 2.41. The van der Waals surface area contributed by atoms with Crippen LogP contribution < -0.4 is 17.0 Å². The molecule has 0 aliphatic rings. The number of anilines is 1. The number of carbonyl (C=O) groups excluding carboxylic acids is 1. The lowest BCUT2D eigenvalue weighted by atomic mass is 10.1. The highest BCUT2D eigenvalue weighted by molar-refractivity contribution is 7.17. The molecular weight excluding hydrogens is 286 g/mol. The Morgan fingerprint density at radius 1 is 1.24 bits per heavy atom. The second kappa shape index (κ2) is 5.06. The number of aromatic nitrogens is 1. The zero-order valence-electron chi connectivity index (χ0n) is 11.1. The van der Waals surface area contributed by atoms with Gasteiger partial charge in [-0.3, -0.25) is 9.59 Å². The lowest BCUT2D eigenvalue weighted by Crippen LogP contribution is -2.20. The van der Waals surface area contributed by atoms with Gasteiger partial charge in [-0.25, -0.2) is 0 Å². The number of fused-ring (bicyclic) bond motifs is 1. The van der Waals surface area contributed by atoms with E-state index in [0.29, 0.717) is 23.2 Å². The van der Waals surface area contributed by atoms with E-state index in [2.05, 4.69) is 0 Å². The number of nitrogens with two attached hydrogens (primary N) is 2. The highest BCUT2D eigenvalue weighted by atomic mass is 32.1. The maximum atomic E-state index is 12.3. The minimum absolute atomic E-state index is 0.0490. The van der Waals surface area contributed by atoms with Crippen LogP contribution in [0.4, 0.5) is 5.69 Å². The van der Waals surface area contributed by atoms with E-state index in [0.717, 1.165) is 10.3 Å². The van der Waals surface area contributed by atoms with Crippen molar-refractivity contribution in [2.45, 2.75) is 6.54 Å². The van der Waals surface area contributed by atoms with Crippen molar-refractivity contribution >= 4 is 33.0 Å². The predicted octanol–water partition coefficient (Wildman–Crippen LogP) is 1.79. The molecule has 6 heteroatoms. The zero-order valence-corrected chi connectivity index (χ0v) is 11.9. The number of pyridine rings is 1. The third-order valence-electron chi connectivity index (χ3n) is 3.36. The van der Waals surface area contributed by atoms with Gasteiger partial charge < -0.3 is 16.0 Å². The molecule has 2 aromatic heterocycles. The van der Waals surface area contributed by atoms with Crippen LogP contribution in [0.25, 0.3) is 10.1 Å². The number of carbonyl (C=O) groups is 1. The molecule has 0 saturated heterocycles. The normalized spacial score (nSPS) is 10.9. The number of nitrogens with zero attached hydrogens (tertiary/aromatic N) is 1. The molecule has 3 rings (SSSR count). The molecule has 0 unspecified atom stereocenters. The van der Waals surface area contributed by atoms with Gasteiger partial charge in [0.2, 0.25) is 5.91 Å². The van der Waals surface area contributed by atoms with Gasteiger partial charge in [-0.15, -0.1) is 11.3 Å². The predicted molar refractivity (Wildman–Crippen MR) is 84.6 cm³/mol. The Kier molecular flexibility index (Phi) is 3.23. The standard InChI is InChI=1S/C15H13N3O2S/c16-12-7-9(14(17)19)1-2-10(12)8-18-5-3-13-11(15(18)20)4-6-21-13/h1-7H,8,16H2,(H2,17,19). The Balaban J connectivity index is 2.00. The molecule has 0 saturated carbocycles. The van der Waals surface area contributed by atoms with Crippen LogP contribution in [-0.2, 0) is 6.54 Å². The molecule has 0 bridgehead atoms. The molecule has 0 aliphatic carbocycles. The second-order valence-electron chi connectivity index (χ2n) is 4.73. The van der Waals surface area contributed by atoms with Gasteiger partial charge >= 0.3 is 0 Å². The van der Waals surface area contributed by atoms with Crippen LogP contribution in [0.5, 0.6) is 0 Å². The number of nitrogen functional groups attached to an aromatic ring is 1. The molecule has 0 radical (unpaired) electrons. The van der Waals surface area contributed by atoms with Crippen molar-refractivity contribution < 1.29 is 4.79 Å². The summed E-state index contributed by atoms with van der Waals surface area (Å²) >= 11 is 1.54. The fourth-order valence-corrected chi connectivity index (χ4v) is 2.98. The molecule has 4 N–H and O–H groups in total. The van der Waals surface area contributed by atoms with Crippen molar-refractivity contribution in [1.29, 1.82) is 0 Å². The molecule has 0 atom stereocenters. The van der Waals surface area contributed by atoms with Crippen molar-refractivity contribution in [3.05, 3.63) is 63.4 Å². The fraction of sp³-hybridized carbons (Fsp3) is 0.0667. The van der Waals surface area contributed by atoms with Crippen LogP contribution in [0.3, 0.4) is 0 Å². The topological polar surface area (TPSA) is 91.1 Å². The van der Waals surface area contributed by atoms with Crippen molar-refractivity contribution in [1.82, 2.24) is 4.57 Å². The average Bonchev–Trinajstić information content (AvgIpc) is 2.93. The zero-order chi connectivity index (χ0) is 15.0. The summed E-state index contributed by atoms with van der Waals surface area (Å²) in [4.78, 5) is 23.4. The van der Waals surface area contributed by atoms with Gasteiger partial charge in [-0.2, -0.15) is 0 Å². The number of hydrogen-bond acceptors (Lipinski definition) is 4. The Morgan fingerprint density at radius 2 is 2.05 bits per heavy atom. The van der Waals surface area contributed by atoms with Crippen molar-refractivity contribution in [2.75, 3.05) is 5.73 Å². The van der Waals surface area contributed by atoms with Crippen LogP contribution >= 0.6 is 11.3 Å². The van der Waals surface area contributed by atoms with Crippen LogP contribution in [0, 0.1) is 0 Å². The summed E-state index contributed by atoms with van der Waals surface area (Å²) in [6, 6.07) is 8.60. The molecule has 0 fully saturated rings. The summed E-state index contributed by atoms with van der Waals surface area (Å²) in [5, 5.41) is 2.60. The van der Waals surface area contributed by atoms with E-state index in [9.17, 15) is 9.59 Å². The van der Waals surface area contributed by atoms with Crippen molar-refractivity contribution in [2.24, 2.45) is 5.73 Å². The maximum absolute atomic E-state index is 12.3. The highest BCUT2D eigenvalue weighted by Gasteiger charge is 2.08. The van der Waals surface area contributed by atoms with Crippen LogP contribution in [0.15, 0.2) is 46.7 Å². The molecule has 3 aromatic rings. The van der Waals surface area contributed by atoms with Gasteiger partial charge in [-0.05, 0) is 35.2 Å². The Morgan fingerprint density at radius 3 is 2.76 bits per heavy atom. The van der Waals surface area contributed by atoms with Crippen LogP contribution in [-0.4, -0.2) is 10.5 Å². The summed E-state index contributed by atoms with van der Waals surface area (Å²) in [5.74, 6) is -0.523. The van der Waals surface area contributed by atoms with E-state index in [4.69, 9.17) is 11.5 Å². The first kappa shape index (κ1) is 13.4. The number of primary amides is 1. The number of benzene rings is 1. The highest BCUT2D eigenvalue weighted by Crippen LogP contribution is 2.18. The quantitative estimate of drug-likeness (QED) is 0.722. The van der Waals surface area contributed by atoms with Gasteiger partial charge in [-0.1, -0.05) is 6.07 Å². The van der Waals surface area contributed by atoms with E-state index in [1.165, 1.54) is 17.4 Å². The Hall–Kier alpha value is -2.60. The summed E-state index contributed by atoms with van der Waals surface area (Å²) in [6.45, 7) is 0.357. The van der Waals surface area contributed by atoms with Crippen molar-refractivity contribution in [3.63, 3.8) is 0 Å². The lowest BCUT2D eigenvalue weighted by Gasteiger charge is -2.09. The Labute approximate surface area is 124 Å². The molecule has 1 amide bonds. The average molecular weight is 299 g/mol. The summed E-state index contributed by atoms with van der Waals surface area (Å²) in [6.07, 6.45) is 1.75. The number of amides is 1. The van der Waals surface area contributed by atoms with Gasteiger partial charge in [0, 0.05) is 22.1 Å². The van der Waals surface area contributed by atoms with E-state index < -0.39 is 5.91 Å². The summed E-state index contributed by atoms with van der Waals surface area (Å²) < 4.78 is 2.57. The van der Waals surface area contributed by atoms with E-state index in [1.54, 1.807) is 22.9 Å². The van der Waals surface area contributed by atoms with Crippen LogP contribution in [0.1, 0.15) is 15.9 Å². The molecule has 106 valence electrons. The van der Waals surface area contributed by atoms with Crippen molar-refractivity contribution in [3.8, 4) is 0 Å². The van der Waals surface area contributed by atoms with E-state index in [-0.39, 0.29) is 5.56 Å². The number of hydrogen-bond donors (Lipinski definition) is 2. The first-order chi connectivity index (χ1) is 10.1. The van der Waals surface area contributed by atoms with Gasteiger partial charge in [0.1, 0.15) is 0 Å². The number of rotatable bonds is 3. The lowest BCUT2D eigenvalue weighted by molar-refractivity contribution is 0.100. The fourth-order valence-electron chi connectivity index (χ4n) is 2.21. The minimum Gasteiger partial charge on any atom is -0.398 e. The molecule has 21 heavy (non-hydrogen) atoms. The first-order valence-corrected chi connectivity index (χ1v) is 7.19. The van der Waals surface area contributed by atoms with Gasteiger partial charge in [0.25, 0.3) is 5.56 Å². The largest absolute Gasteiger partial charge is 0.398 e. The first-order valence-electron chi connectivity index (χ1n) is 6.31. The SMILES string of the molecule is NC(=O)c1ccc(Cn2ccc3sccc3c2=O)c(N)c1. The monoisotopic (exact) mass is 299 g/mol. The minimum atomic E-state index is -0.523. The van der Waals surface area contributed by atoms with E-state index in [1.807, 2.05) is 17.5 Å². The summed E-state index contributed by atoms with van der Waals surface area (Å²) in [7, 11) is 0.